The van der Waals surface area contributed by atoms with Crippen molar-refractivity contribution in [1.82, 2.24) is 0 Å². The second kappa shape index (κ2) is 7.06. The number of hydrogen-bond donors (Lipinski definition) is 1. The van der Waals surface area contributed by atoms with E-state index in [0.29, 0.717) is 0 Å². The van der Waals surface area contributed by atoms with Crippen LogP contribution in [0.1, 0.15) is 26.2 Å². The summed E-state index contributed by atoms with van der Waals surface area (Å²) in [5.41, 5.74) is 0. The number of aliphatic carboxylic acids is 1. The molecular weight excluding hydrogens is 140 g/mol. The van der Waals surface area contributed by atoms with Gasteiger partial charge in [-0.15, -0.1) is 0 Å². The van der Waals surface area contributed by atoms with E-state index in [1.54, 1.807) is 6.08 Å². The highest BCUT2D eigenvalue weighted by Gasteiger charge is 1.87. The highest BCUT2D eigenvalue weighted by atomic mass is 16.4. The molecule has 0 aliphatic carbocycles. The molecule has 2 heteroatoms. The average molecular weight is 154 g/mol. The summed E-state index contributed by atoms with van der Waals surface area (Å²) in [5, 5.41) is 8.25. The molecule has 0 aromatic carbocycles. The van der Waals surface area contributed by atoms with E-state index in [2.05, 4.69) is 6.08 Å². The van der Waals surface area contributed by atoms with Gasteiger partial charge in [0, 0.05) is 0 Å². The lowest BCUT2D eigenvalue weighted by Crippen LogP contribution is -1.89. The molecule has 0 spiro atoms. The predicted molar refractivity (Wildman–Crippen MR) is 45.4 cm³/mol. The molecule has 0 amide bonds. The van der Waals surface area contributed by atoms with Gasteiger partial charge in [0.15, 0.2) is 0 Å². The van der Waals surface area contributed by atoms with Crippen LogP contribution in [0.2, 0.25) is 0 Å². The van der Waals surface area contributed by atoms with Gasteiger partial charge >= 0.3 is 5.97 Å². The van der Waals surface area contributed by atoms with Crippen LogP contribution in [0.3, 0.4) is 0 Å². The van der Waals surface area contributed by atoms with Crippen molar-refractivity contribution in [2.75, 3.05) is 0 Å². The van der Waals surface area contributed by atoms with Gasteiger partial charge in [-0.1, -0.05) is 24.3 Å². The van der Waals surface area contributed by atoms with Crippen molar-refractivity contribution < 1.29 is 9.90 Å². The molecule has 62 valence electrons. The highest BCUT2D eigenvalue weighted by molar-refractivity contribution is 5.68. The molecular formula is C9H14O2. The molecule has 0 saturated carbocycles. The second-order valence-electron chi connectivity index (χ2n) is 2.22. The summed E-state index contributed by atoms with van der Waals surface area (Å²) >= 11 is 0. The fourth-order valence-corrected chi connectivity index (χ4v) is 0.661. The average Bonchev–Trinajstić information content (AvgIpc) is 1.96. The van der Waals surface area contributed by atoms with Crippen molar-refractivity contribution in [2.45, 2.75) is 26.2 Å². The first-order valence-corrected chi connectivity index (χ1v) is 3.75. The number of rotatable bonds is 5. The molecule has 0 aromatic rings. The van der Waals surface area contributed by atoms with Crippen LogP contribution >= 0.6 is 0 Å². The first-order valence-electron chi connectivity index (χ1n) is 3.75. The zero-order valence-electron chi connectivity index (χ0n) is 6.79. The third-order valence-corrected chi connectivity index (χ3v) is 1.19. The largest absolute Gasteiger partial charge is 0.481 e. The van der Waals surface area contributed by atoms with Gasteiger partial charge in [-0.3, -0.25) is 4.79 Å². The van der Waals surface area contributed by atoms with Gasteiger partial charge in [0.1, 0.15) is 0 Å². The molecule has 0 radical (unpaired) electrons. The lowest BCUT2D eigenvalue weighted by molar-refractivity contribution is -0.136. The summed E-state index contributed by atoms with van der Waals surface area (Å²) in [4.78, 5) is 10.0. The van der Waals surface area contributed by atoms with Crippen molar-refractivity contribution in [3.8, 4) is 0 Å². The monoisotopic (exact) mass is 154 g/mol. The van der Waals surface area contributed by atoms with Gasteiger partial charge < -0.3 is 5.11 Å². The minimum Gasteiger partial charge on any atom is -0.481 e. The first kappa shape index (κ1) is 9.95. The fraction of sp³-hybridized carbons (Fsp3) is 0.444. The number of unbranched alkanes of at least 4 members (excludes halogenated alkanes) is 1. The van der Waals surface area contributed by atoms with Crippen molar-refractivity contribution in [1.29, 1.82) is 0 Å². The Balaban J connectivity index is 3.23. The first-order chi connectivity index (χ1) is 5.27. The standard InChI is InChI=1S/C9H14O2/c1-2-3-4-5-6-7-8-9(10)11/h2-3,6-7H,4-5,8H2,1H3,(H,10,11)/b3-2-,7-6+. The smallest absolute Gasteiger partial charge is 0.307 e. The van der Waals surface area contributed by atoms with Crippen LogP contribution in [-0.4, -0.2) is 11.1 Å². The maximum Gasteiger partial charge on any atom is 0.307 e. The summed E-state index contributed by atoms with van der Waals surface area (Å²) in [6.45, 7) is 1.97. The molecule has 0 heterocycles. The normalized spacial score (nSPS) is 11.4. The molecule has 0 rings (SSSR count). The number of carboxylic acid groups (broad SMARTS) is 1. The molecule has 1 N–H and O–H groups in total. The summed E-state index contributed by atoms with van der Waals surface area (Å²) in [6, 6.07) is 0. The predicted octanol–water partition coefficient (Wildman–Crippen LogP) is 2.37. The van der Waals surface area contributed by atoms with E-state index in [0.717, 1.165) is 12.8 Å². The van der Waals surface area contributed by atoms with Crippen LogP contribution in [0.25, 0.3) is 0 Å². The van der Waals surface area contributed by atoms with E-state index in [-0.39, 0.29) is 6.42 Å². The van der Waals surface area contributed by atoms with E-state index >= 15 is 0 Å². The Morgan fingerprint density at radius 2 is 1.91 bits per heavy atom. The number of carboxylic acids is 1. The third kappa shape index (κ3) is 8.95. The molecule has 11 heavy (non-hydrogen) atoms. The number of carbonyl (C=O) groups is 1. The lowest BCUT2D eigenvalue weighted by atomic mass is 10.2. The summed E-state index contributed by atoms with van der Waals surface area (Å²) < 4.78 is 0. The Kier molecular flexibility index (Phi) is 6.39. The Hall–Kier alpha value is -1.05. The minimum absolute atomic E-state index is 0.135. The van der Waals surface area contributed by atoms with Gasteiger partial charge in [-0.25, -0.2) is 0 Å². The maximum atomic E-state index is 10.0. The molecule has 0 aliphatic rings. The van der Waals surface area contributed by atoms with Crippen LogP contribution in [0.15, 0.2) is 24.3 Å². The maximum absolute atomic E-state index is 10.0. The highest BCUT2D eigenvalue weighted by Crippen LogP contribution is 1.93. The van der Waals surface area contributed by atoms with Gasteiger partial charge in [-0.2, -0.15) is 0 Å². The van der Waals surface area contributed by atoms with Gasteiger partial charge in [-0.05, 0) is 19.8 Å². The fourth-order valence-electron chi connectivity index (χ4n) is 0.661. The minimum atomic E-state index is -0.771. The van der Waals surface area contributed by atoms with Crippen LogP contribution in [0, 0.1) is 0 Å². The summed E-state index contributed by atoms with van der Waals surface area (Å²) in [5.74, 6) is -0.771. The van der Waals surface area contributed by atoms with Gasteiger partial charge in [0.25, 0.3) is 0 Å². The van der Waals surface area contributed by atoms with Crippen LogP contribution < -0.4 is 0 Å². The molecule has 0 aromatic heterocycles. The summed E-state index contributed by atoms with van der Waals surface area (Å²) in [7, 11) is 0. The van der Waals surface area contributed by atoms with Gasteiger partial charge in [0.2, 0.25) is 0 Å². The second-order valence-corrected chi connectivity index (χ2v) is 2.22. The quantitative estimate of drug-likeness (QED) is 0.487. The molecule has 0 unspecified atom stereocenters. The van der Waals surface area contributed by atoms with Crippen molar-refractivity contribution in [2.24, 2.45) is 0 Å². The summed E-state index contributed by atoms with van der Waals surface area (Å²) in [6.07, 6.45) is 9.69. The molecule has 0 aliphatic heterocycles. The van der Waals surface area contributed by atoms with Gasteiger partial charge in [0.05, 0.1) is 6.42 Å². The Labute approximate surface area is 67.2 Å². The van der Waals surface area contributed by atoms with E-state index in [1.807, 2.05) is 19.1 Å². The Morgan fingerprint density at radius 1 is 1.27 bits per heavy atom. The lowest BCUT2D eigenvalue weighted by Gasteiger charge is -1.85. The van der Waals surface area contributed by atoms with E-state index in [1.165, 1.54) is 0 Å². The molecule has 0 fully saturated rings. The molecule has 0 saturated heterocycles. The Bertz CT molecular complexity index is 157. The van der Waals surface area contributed by atoms with E-state index < -0.39 is 5.97 Å². The van der Waals surface area contributed by atoms with Crippen molar-refractivity contribution in [3.05, 3.63) is 24.3 Å². The zero-order chi connectivity index (χ0) is 8.53. The van der Waals surface area contributed by atoms with Crippen LogP contribution in [0.4, 0.5) is 0 Å². The third-order valence-electron chi connectivity index (χ3n) is 1.19. The molecule has 0 atom stereocenters. The van der Waals surface area contributed by atoms with E-state index in [9.17, 15) is 4.79 Å². The van der Waals surface area contributed by atoms with Crippen molar-refractivity contribution in [3.63, 3.8) is 0 Å². The topological polar surface area (TPSA) is 37.3 Å². The van der Waals surface area contributed by atoms with E-state index in [4.69, 9.17) is 5.11 Å². The number of allylic oxidation sites excluding steroid dienone is 3. The molecule has 0 bridgehead atoms. The Morgan fingerprint density at radius 3 is 2.45 bits per heavy atom. The van der Waals surface area contributed by atoms with Crippen molar-refractivity contribution >= 4 is 5.97 Å². The number of hydrogen-bond acceptors (Lipinski definition) is 1. The van der Waals surface area contributed by atoms with Crippen LogP contribution in [0.5, 0.6) is 0 Å². The molecule has 2 nitrogen and oxygen atoms in total. The SMILES string of the molecule is C/C=C\CC/C=C/CC(=O)O. The zero-order valence-corrected chi connectivity index (χ0v) is 6.79. The van der Waals surface area contributed by atoms with Crippen LogP contribution in [-0.2, 0) is 4.79 Å².